The van der Waals surface area contributed by atoms with E-state index < -0.39 is 6.10 Å². The number of para-hydroxylation sites is 1. The molecule has 1 aromatic carbocycles. The molecule has 4 aliphatic rings. The van der Waals surface area contributed by atoms with Crippen LogP contribution < -0.4 is 0 Å². The van der Waals surface area contributed by atoms with Gasteiger partial charge in [-0.3, -0.25) is 4.79 Å². The Morgan fingerprint density at radius 2 is 1.90 bits per heavy atom. The number of nitrogens with zero attached hydrogens (tertiary/aromatic N) is 1. The summed E-state index contributed by atoms with van der Waals surface area (Å²) in [5, 5.41) is 21.6. The zero-order chi connectivity index (χ0) is 21.3. The Morgan fingerprint density at radius 1 is 1.13 bits per heavy atom. The number of rotatable bonds is 1. The summed E-state index contributed by atoms with van der Waals surface area (Å²) < 4.78 is 0. The third kappa shape index (κ3) is 2.65. The fourth-order valence-corrected chi connectivity index (χ4v) is 7.55. The summed E-state index contributed by atoms with van der Waals surface area (Å²) in [5.41, 5.74) is 1.75. The molecule has 1 heterocycles. The summed E-state index contributed by atoms with van der Waals surface area (Å²) in [4.78, 5) is 14.2. The Balaban J connectivity index is 1.49. The summed E-state index contributed by atoms with van der Waals surface area (Å²) in [7, 11) is 1.95. The zero-order valence-corrected chi connectivity index (χ0v) is 18.2. The summed E-state index contributed by atoms with van der Waals surface area (Å²) in [6.07, 6.45) is 10.7. The Bertz CT molecular complexity index is 936. The van der Waals surface area contributed by atoms with Crippen molar-refractivity contribution in [3.8, 4) is 5.75 Å². The van der Waals surface area contributed by atoms with Crippen LogP contribution in [-0.4, -0.2) is 40.2 Å². The van der Waals surface area contributed by atoms with Gasteiger partial charge in [0.1, 0.15) is 5.75 Å². The number of hydrogen-bond donors (Lipinski definition) is 2. The highest BCUT2D eigenvalue weighted by molar-refractivity contribution is 5.89. The molecule has 5 rings (SSSR count). The molecule has 0 aromatic heterocycles. The van der Waals surface area contributed by atoms with E-state index in [2.05, 4.69) is 19.9 Å². The van der Waals surface area contributed by atoms with E-state index in [0.29, 0.717) is 17.8 Å². The lowest BCUT2D eigenvalue weighted by Crippen LogP contribution is -2.59. The normalized spacial score (nSPS) is 44.0. The first kappa shape index (κ1) is 19.9. The number of aromatic hydroxyl groups is 1. The standard InChI is InChI=1S/C26H33NO3/c1-25-13-11-23(29)27(3)22(25)9-8-18-19(25)10-12-26(2)20(18)15-17(24(26)30)14-16-6-4-5-7-21(16)28/h4-7,11,13-14,18-20,22,24,28,30H,8-10,12,15H2,1-3H3/t18-,19+,20+,22-,24+,25-,26+/m1/s1. The van der Waals surface area contributed by atoms with Crippen molar-refractivity contribution in [2.24, 2.45) is 28.6 Å². The molecule has 0 unspecified atom stereocenters. The summed E-state index contributed by atoms with van der Waals surface area (Å²) in [6, 6.07) is 7.64. The highest BCUT2D eigenvalue weighted by Gasteiger charge is 2.61. The summed E-state index contributed by atoms with van der Waals surface area (Å²) >= 11 is 0. The lowest BCUT2D eigenvalue weighted by atomic mass is 9.48. The van der Waals surface area contributed by atoms with Gasteiger partial charge in [-0.15, -0.1) is 0 Å². The molecular weight excluding hydrogens is 374 g/mol. The molecular formula is C26H33NO3. The number of hydrogen-bond acceptors (Lipinski definition) is 3. The van der Waals surface area contributed by atoms with E-state index in [1.807, 2.05) is 36.2 Å². The molecule has 1 aliphatic heterocycles. The summed E-state index contributed by atoms with van der Waals surface area (Å²) in [5.74, 6) is 1.93. The van der Waals surface area contributed by atoms with E-state index in [1.54, 1.807) is 12.1 Å². The van der Waals surface area contributed by atoms with Crippen molar-refractivity contribution in [2.45, 2.75) is 58.1 Å². The van der Waals surface area contributed by atoms with Crippen LogP contribution in [0.1, 0.15) is 51.5 Å². The van der Waals surface area contributed by atoms with Crippen molar-refractivity contribution in [3.05, 3.63) is 47.6 Å². The van der Waals surface area contributed by atoms with Gasteiger partial charge in [0.2, 0.25) is 5.91 Å². The minimum atomic E-state index is -0.459. The number of phenols is 1. The van der Waals surface area contributed by atoms with Crippen LogP contribution in [0.15, 0.2) is 42.0 Å². The number of aliphatic hydroxyl groups is 1. The van der Waals surface area contributed by atoms with Crippen LogP contribution in [-0.2, 0) is 4.79 Å². The van der Waals surface area contributed by atoms with E-state index in [4.69, 9.17) is 0 Å². The van der Waals surface area contributed by atoms with Crippen LogP contribution in [0, 0.1) is 28.6 Å². The molecule has 4 nitrogen and oxygen atoms in total. The molecule has 3 fully saturated rings. The minimum Gasteiger partial charge on any atom is -0.507 e. The second kappa shape index (κ2) is 6.71. The van der Waals surface area contributed by atoms with E-state index >= 15 is 0 Å². The SMILES string of the molecule is CN1C(=O)C=C[C@]2(C)[C@H]3CC[C@]4(C)[C@@H](O)C(=Cc5ccccc5O)C[C@H]4[C@@H]3CC[C@@H]12. The van der Waals surface area contributed by atoms with Crippen molar-refractivity contribution < 1.29 is 15.0 Å². The third-order valence-electron chi connectivity index (χ3n) is 9.27. The van der Waals surface area contributed by atoms with Crippen molar-refractivity contribution >= 4 is 12.0 Å². The van der Waals surface area contributed by atoms with Crippen LogP contribution in [0.2, 0.25) is 0 Å². The second-order valence-corrected chi connectivity index (χ2v) is 10.5. The Morgan fingerprint density at radius 3 is 2.67 bits per heavy atom. The number of aliphatic hydroxyl groups excluding tert-OH is 1. The van der Waals surface area contributed by atoms with Gasteiger partial charge in [0.15, 0.2) is 0 Å². The lowest BCUT2D eigenvalue weighted by molar-refractivity contribution is -0.140. The quantitative estimate of drug-likeness (QED) is 0.726. The Labute approximate surface area is 179 Å². The number of carbonyl (C=O) groups excluding carboxylic acids is 1. The Kier molecular flexibility index (Phi) is 4.45. The molecule has 0 saturated heterocycles. The third-order valence-corrected chi connectivity index (χ3v) is 9.27. The first-order valence-corrected chi connectivity index (χ1v) is 11.4. The first-order valence-electron chi connectivity index (χ1n) is 11.4. The van der Waals surface area contributed by atoms with Gasteiger partial charge in [-0.05, 0) is 73.6 Å². The molecule has 7 atom stereocenters. The minimum absolute atomic E-state index is 0.0159. The van der Waals surface area contributed by atoms with E-state index in [-0.39, 0.29) is 28.5 Å². The average Bonchev–Trinajstić information content (AvgIpc) is 2.98. The number of fused-ring (bicyclic) bond motifs is 5. The van der Waals surface area contributed by atoms with Crippen LogP contribution >= 0.6 is 0 Å². The maximum Gasteiger partial charge on any atom is 0.246 e. The van der Waals surface area contributed by atoms with Gasteiger partial charge in [-0.2, -0.15) is 0 Å². The van der Waals surface area contributed by atoms with E-state index in [0.717, 1.165) is 43.2 Å². The predicted octanol–water partition coefficient (Wildman–Crippen LogP) is 4.39. The van der Waals surface area contributed by atoms with Gasteiger partial charge in [0.25, 0.3) is 0 Å². The topological polar surface area (TPSA) is 60.8 Å². The monoisotopic (exact) mass is 407 g/mol. The number of amides is 1. The molecule has 3 saturated carbocycles. The van der Waals surface area contributed by atoms with Gasteiger partial charge < -0.3 is 15.1 Å². The van der Waals surface area contributed by atoms with Crippen molar-refractivity contribution in [1.29, 1.82) is 0 Å². The van der Waals surface area contributed by atoms with E-state index in [9.17, 15) is 15.0 Å². The van der Waals surface area contributed by atoms with Crippen LogP contribution in [0.25, 0.3) is 6.08 Å². The molecule has 1 amide bonds. The fourth-order valence-electron chi connectivity index (χ4n) is 7.55. The van der Waals surface area contributed by atoms with Crippen LogP contribution in [0.5, 0.6) is 5.75 Å². The molecule has 2 N–H and O–H groups in total. The molecule has 30 heavy (non-hydrogen) atoms. The highest BCUT2D eigenvalue weighted by Crippen LogP contribution is 2.65. The average molecular weight is 408 g/mol. The molecule has 4 heteroatoms. The number of benzene rings is 1. The lowest BCUT2D eigenvalue weighted by Gasteiger charge is -2.59. The second-order valence-electron chi connectivity index (χ2n) is 10.5. The smallest absolute Gasteiger partial charge is 0.246 e. The number of likely N-dealkylation sites (N-methyl/N-ethyl adjacent to an activating group) is 1. The Hall–Kier alpha value is -2.07. The molecule has 3 aliphatic carbocycles. The van der Waals surface area contributed by atoms with Gasteiger partial charge in [-0.25, -0.2) is 0 Å². The van der Waals surface area contributed by atoms with Crippen molar-refractivity contribution in [1.82, 2.24) is 4.90 Å². The molecule has 0 bridgehead atoms. The predicted molar refractivity (Wildman–Crippen MR) is 118 cm³/mol. The van der Waals surface area contributed by atoms with Gasteiger partial charge in [0, 0.05) is 29.5 Å². The van der Waals surface area contributed by atoms with E-state index in [1.165, 1.54) is 0 Å². The fraction of sp³-hybridized carbons (Fsp3) is 0.577. The van der Waals surface area contributed by atoms with Crippen molar-refractivity contribution in [3.63, 3.8) is 0 Å². The first-order chi connectivity index (χ1) is 14.3. The maximum absolute atomic E-state index is 12.3. The molecule has 0 radical (unpaired) electrons. The largest absolute Gasteiger partial charge is 0.507 e. The van der Waals surface area contributed by atoms with Crippen molar-refractivity contribution in [2.75, 3.05) is 7.05 Å². The highest BCUT2D eigenvalue weighted by atomic mass is 16.3. The number of phenolic OH excluding ortho intramolecular Hbond substituents is 1. The molecule has 0 spiro atoms. The molecule has 1 aromatic rings. The number of carbonyl (C=O) groups is 1. The van der Waals surface area contributed by atoms with Gasteiger partial charge in [0.05, 0.1) is 6.10 Å². The van der Waals surface area contributed by atoms with Gasteiger partial charge in [-0.1, -0.05) is 38.1 Å². The van der Waals surface area contributed by atoms with Crippen LogP contribution in [0.4, 0.5) is 0 Å². The molecule has 160 valence electrons. The van der Waals surface area contributed by atoms with Gasteiger partial charge >= 0.3 is 0 Å². The van der Waals surface area contributed by atoms with Crippen LogP contribution in [0.3, 0.4) is 0 Å². The maximum atomic E-state index is 12.3. The zero-order valence-electron chi connectivity index (χ0n) is 18.2. The summed E-state index contributed by atoms with van der Waals surface area (Å²) in [6.45, 7) is 4.62.